The molecule has 1 aliphatic heterocycles. The van der Waals surface area contributed by atoms with Crippen LogP contribution in [0.15, 0.2) is 24.3 Å². The van der Waals surface area contributed by atoms with Gasteiger partial charge in [-0.25, -0.2) is 0 Å². The summed E-state index contributed by atoms with van der Waals surface area (Å²) in [6.07, 6.45) is 2.31. The maximum absolute atomic E-state index is 11.0. The van der Waals surface area contributed by atoms with Gasteiger partial charge in [0.1, 0.15) is 12.4 Å². The van der Waals surface area contributed by atoms with Crippen molar-refractivity contribution >= 4 is 5.91 Å². The first-order chi connectivity index (χ1) is 7.75. The van der Waals surface area contributed by atoms with Gasteiger partial charge in [0.25, 0.3) is 0 Å². The van der Waals surface area contributed by atoms with Crippen molar-refractivity contribution in [2.75, 3.05) is 13.2 Å². The fourth-order valence-corrected chi connectivity index (χ4v) is 1.70. The number of carbonyl (C=O) groups is 1. The van der Waals surface area contributed by atoms with Gasteiger partial charge in [-0.3, -0.25) is 4.79 Å². The molecule has 0 bridgehead atoms. The molecule has 0 aromatic heterocycles. The number of primary amides is 1. The summed E-state index contributed by atoms with van der Waals surface area (Å²) < 4.78 is 11.0. The van der Waals surface area contributed by atoms with Crippen molar-refractivity contribution in [3.05, 3.63) is 29.8 Å². The minimum atomic E-state index is -0.442. The van der Waals surface area contributed by atoms with Crippen molar-refractivity contribution in [2.45, 2.75) is 18.9 Å². The molecule has 4 nitrogen and oxygen atoms in total. The molecular weight excluding hydrogens is 206 g/mol. The van der Waals surface area contributed by atoms with E-state index >= 15 is 0 Å². The lowest BCUT2D eigenvalue weighted by Gasteiger charge is -2.11. The van der Waals surface area contributed by atoms with Crippen LogP contribution in [0.3, 0.4) is 0 Å². The fourth-order valence-electron chi connectivity index (χ4n) is 1.70. The number of hydrogen-bond acceptors (Lipinski definition) is 3. The standard InChI is InChI=1S/C12H15NO3/c13-12(14)9-3-1-4-10(7-9)16-8-11-5-2-6-15-11/h1,3-4,7,11H,2,5-6,8H2,(H2,13,14)/t11-/m0/s1. The van der Waals surface area contributed by atoms with E-state index in [-0.39, 0.29) is 6.10 Å². The smallest absolute Gasteiger partial charge is 0.248 e. The molecule has 0 spiro atoms. The van der Waals surface area contributed by atoms with Crippen LogP contribution in [0.25, 0.3) is 0 Å². The van der Waals surface area contributed by atoms with Gasteiger partial charge in [-0.05, 0) is 31.0 Å². The van der Waals surface area contributed by atoms with Gasteiger partial charge >= 0.3 is 0 Å². The molecule has 1 heterocycles. The Bertz CT molecular complexity index is 372. The number of nitrogens with two attached hydrogens (primary N) is 1. The topological polar surface area (TPSA) is 61.6 Å². The Balaban J connectivity index is 1.93. The highest BCUT2D eigenvalue weighted by Gasteiger charge is 2.16. The van der Waals surface area contributed by atoms with E-state index < -0.39 is 5.91 Å². The molecule has 0 unspecified atom stereocenters. The molecule has 2 N–H and O–H groups in total. The van der Waals surface area contributed by atoms with Crippen molar-refractivity contribution in [2.24, 2.45) is 5.73 Å². The Morgan fingerprint density at radius 2 is 2.44 bits per heavy atom. The minimum absolute atomic E-state index is 0.178. The van der Waals surface area contributed by atoms with Crippen LogP contribution < -0.4 is 10.5 Å². The first-order valence-corrected chi connectivity index (χ1v) is 5.40. The first-order valence-electron chi connectivity index (χ1n) is 5.40. The number of rotatable bonds is 4. The molecule has 1 fully saturated rings. The molecule has 1 aromatic carbocycles. The third kappa shape index (κ3) is 2.73. The maximum Gasteiger partial charge on any atom is 0.248 e. The molecule has 4 heteroatoms. The molecule has 86 valence electrons. The monoisotopic (exact) mass is 221 g/mol. The fraction of sp³-hybridized carbons (Fsp3) is 0.417. The Morgan fingerprint density at radius 3 is 3.12 bits per heavy atom. The zero-order valence-corrected chi connectivity index (χ0v) is 9.02. The van der Waals surface area contributed by atoms with Crippen LogP contribution >= 0.6 is 0 Å². The lowest BCUT2D eigenvalue weighted by molar-refractivity contribution is 0.0679. The number of hydrogen-bond donors (Lipinski definition) is 1. The summed E-state index contributed by atoms with van der Waals surface area (Å²) in [4.78, 5) is 11.0. The average molecular weight is 221 g/mol. The number of ether oxygens (including phenoxy) is 2. The van der Waals surface area contributed by atoms with E-state index in [1.54, 1.807) is 24.3 Å². The largest absolute Gasteiger partial charge is 0.491 e. The third-order valence-corrected chi connectivity index (χ3v) is 2.58. The molecule has 1 aliphatic rings. The summed E-state index contributed by atoms with van der Waals surface area (Å²) in [5.74, 6) is 0.217. The van der Waals surface area contributed by atoms with Crippen LogP contribution in [0.5, 0.6) is 5.75 Å². The Morgan fingerprint density at radius 1 is 1.56 bits per heavy atom. The van der Waals surface area contributed by atoms with Gasteiger partial charge in [-0.1, -0.05) is 6.07 Å². The normalized spacial score (nSPS) is 19.6. The van der Waals surface area contributed by atoms with Crippen LogP contribution in [0.2, 0.25) is 0 Å². The molecule has 1 saturated heterocycles. The van der Waals surface area contributed by atoms with E-state index in [0.717, 1.165) is 19.4 Å². The highest BCUT2D eigenvalue weighted by atomic mass is 16.5. The van der Waals surface area contributed by atoms with E-state index in [2.05, 4.69) is 0 Å². The second-order valence-corrected chi connectivity index (χ2v) is 3.84. The van der Waals surface area contributed by atoms with Gasteiger partial charge in [-0.15, -0.1) is 0 Å². The van der Waals surface area contributed by atoms with E-state index in [9.17, 15) is 4.79 Å². The van der Waals surface area contributed by atoms with Crippen LogP contribution in [0.1, 0.15) is 23.2 Å². The van der Waals surface area contributed by atoms with Crippen molar-refractivity contribution in [3.8, 4) is 5.75 Å². The second kappa shape index (κ2) is 4.99. The van der Waals surface area contributed by atoms with Crippen molar-refractivity contribution in [1.29, 1.82) is 0 Å². The van der Waals surface area contributed by atoms with Gasteiger partial charge < -0.3 is 15.2 Å². The van der Waals surface area contributed by atoms with E-state index in [4.69, 9.17) is 15.2 Å². The summed E-state index contributed by atoms with van der Waals surface area (Å²) in [6, 6.07) is 6.88. The number of amides is 1. The van der Waals surface area contributed by atoms with Gasteiger partial charge in [0.05, 0.1) is 6.10 Å². The molecule has 16 heavy (non-hydrogen) atoms. The molecule has 0 saturated carbocycles. The molecule has 1 aromatic rings. The van der Waals surface area contributed by atoms with Gasteiger partial charge in [0, 0.05) is 12.2 Å². The molecule has 2 rings (SSSR count). The third-order valence-electron chi connectivity index (χ3n) is 2.58. The number of carbonyl (C=O) groups excluding carboxylic acids is 1. The molecular formula is C12H15NO3. The molecule has 1 amide bonds. The molecule has 0 radical (unpaired) electrons. The highest BCUT2D eigenvalue weighted by molar-refractivity contribution is 5.93. The first kappa shape index (κ1) is 11.0. The van der Waals surface area contributed by atoms with E-state index in [0.29, 0.717) is 17.9 Å². The summed E-state index contributed by atoms with van der Waals surface area (Å²) in [5.41, 5.74) is 5.64. The quantitative estimate of drug-likeness (QED) is 0.834. The van der Waals surface area contributed by atoms with Crippen molar-refractivity contribution in [3.63, 3.8) is 0 Å². The highest BCUT2D eigenvalue weighted by Crippen LogP contribution is 2.16. The summed E-state index contributed by atoms with van der Waals surface area (Å²) >= 11 is 0. The minimum Gasteiger partial charge on any atom is -0.491 e. The Labute approximate surface area is 94.3 Å². The van der Waals surface area contributed by atoms with E-state index in [1.165, 1.54) is 0 Å². The van der Waals surface area contributed by atoms with Crippen molar-refractivity contribution < 1.29 is 14.3 Å². The summed E-state index contributed by atoms with van der Waals surface area (Å²) in [6.45, 7) is 1.34. The number of benzene rings is 1. The predicted octanol–water partition coefficient (Wildman–Crippen LogP) is 1.34. The lowest BCUT2D eigenvalue weighted by Crippen LogP contribution is -2.16. The van der Waals surface area contributed by atoms with Gasteiger partial charge in [0.2, 0.25) is 5.91 Å². The van der Waals surface area contributed by atoms with Crippen molar-refractivity contribution in [1.82, 2.24) is 0 Å². The van der Waals surface area contributed by atoms with Crippen LogP contribution in [0.4, 0.5) is 0 Å². The van der Waals surface area contributed by atoms with Crippen LogP contribution in [0, 0.1) is 0 Å². The van der Waals surface area contributed by atoms with Gasteiger partial charge in [-0.2, -0.15) is 0 Å². The second-order valence-electron chi connectivity index (χ2n) is 3.84. The summed E-state index contributed by atoms with van der Waals surface area (Å²) in [7, 11) is 0. The zero-order chi connectivity index (χ0) is 11.4. The molecule has 0 aliphatic carbocycles. The Kier molecular flexibility index (Phi) is 3.41. The van der Waals surface area contributed by atoms with Gasteiger partial charge in [0.15, 0.2) is 0 Å². The summed E-state index contributed by atoms with van der Waals surface area (Å²) in [5, 5.41) is 0. The Hall–Kier alpha value is -1.55. The zero-order valence-electron chi connectivity index (χ0n) is 9.02. The van der Waals surface area contributed by atoms with Crippen LogP contribution in [-0.2, 0) is 4.74 Å². The average Bonchev–Trinajstić information content (AvgIpc) is 2.79. The lowest BCUT2D eigenvalue weighted by atomic mass is 10.2. The SMILES string of the molecule is NC(=O)c1cccc(OC[C@@H]2CCCO2)c1. The predicted molar refractivity (Wildman–Crippen MR) is 59.4 cm³/mol. The van der Waals surface area contributed by atoms with E-state index in [1.807, 2.05) is 0 Å². The molecule has 1 atom stereocenters. The van der Waals surface area contributed by atoms with Crippen LogP contribution in [-0.4, -0.2) is 25.2 Å². The maximum atomic E-state index is 11.0.